The van der Waals surface area contributed by atoms with Crippen LogP contribution in [0.15, 0.2) is 18.2 Å². The van der Waals surface area contributed by atoms with Crippen molar-refractivity contribution in [3.8, 4) is 17.6 Å². The highest BCUT2D eigenvalue weighted by atomic mass is 16.5. The minimum atomic E-state index is -0.475. The second-order valence-corrected chi connectivity index (χ2v) is 5.48. The summed E-state index contributed by atoms with van der Waals surface area (Å²) in [5.41, 5.74) is 0.663. The van der Waals surface area contributed by atoms with Gasteiger partial charge in [-0.1, -0.05) is 13.0 Å². The van der Waals surface area contributed by atoms with Crippen LogP contribution >= 0.6 is 0 Å². The van der Waals surface area contributed by atoms with E-state index < -0.39 is 5.54 Å². The maximum Gasteiger partial charge on any atom is 0.161 e. The fraction of sp³-hybridized carbons (Fsp3) is 0.588. The minimum Gasteiger partial charge on any atom is -0.493 e. The molecule has 0 aliphatic carbocycles. The molecule has 1 aromatic carbocycles. The standard InChI is InChI=1S/C17H26N2O2/c1-5-10-19-17(3,13-18)9-6-11-21-15-8-7-14(2)12-16(15)20-4/h7-8,12,19H,5-6,9-11H2,1-4H3. The zero-order chi connectivity index (χ0) is 15.7. The maximum absolute atomic E-state index is 9.27. The quantitative estimate of drug-likeness (QED) is 0.708. The molecule has 0 amide bonds. The molecule has 0 aliphatic rings. The predicted octanol–water partition coefficient (Wildman–Crippen LogP) is 3.44. The number of methoxy groups -OCH3 is 1. The van der Waals surface area contributed by atoms with Crippen LogP contribution in [0.4, 0.5) is 0 Å². The van der Waals surface area contributed by atoms with Crippen molar-refractivity contribution in [2.75, 3.05) is 20.3 Å². The number of nitrogens with zero attached hydrogens (tertiary/aromatic N) is 1. The minimum absolute atomic E-state index is 0.475. The van der Waals surface area contributed by atoms with Gasteiger partial charge in [0, 0.05) is 0 Å². The van der Waals surface area contributed by atoms with Crippen molar-refractivity contribution in [2.24, 2.45) is 0 Å². The molecule has 1 unspecified atom stereocenters. The number of rotatable bonds is 9. The molecule has 0 saturated heterocycles. The van der Waals surface area contributed by atoms with E-state index in [-0.39, 0.29) is 0 Å². The largest absolute Gasteiger partial charge is 0.493 e. The van der Waals surface area contributed by atoms with Gasteiger partial charge in [-0.15, -0.1) is 0 Å². The molecule has 0 aromatic heterocycles. The summed E-state index contributed by atoms with van der Waals surface area (Å²) in [7, 11) is 1.64. The number of hydrogen-bond donors (Lipinski definition) is 1. The van der Waals surface area contributed by atoms with Crippen LogP contribution in [0, 0.1) is 18.3 Å². The van der Waals surface area contributed by atoms with Gasteiger partial charge >= 0.3 is 0 Å². The van der Waals surface area contributed by atoms with E-state index in [0.717, 1.165) is 42.9 Å². The average molecular weight is 290 g/mol. The smallest absolute Gasteiger partial charge is 0.161 e. The van der Waals surface area contributed by atoms with E-state index >= 15 is 0 Å². The maximum atomic E-state index is 9.27. The van der Waals surface area contributed by atoms with Gasteiger partial charge in [-0.2, -0.15) is 5.26 Å². The summed E-state index contributed by atoms with van der Waals surface area (Å²) in [5, 5.41) is 12.6. The van der Waals surface area contributed by atoms with Crippen LogP contribution in [0.3, 0.4) is 0 Å². The Labute approximate surface area is 128 Å². The second-order valence-electron chi connectivity index (χ2n) is 5.48. The van der Waals surface area contributed by atoms with E-state index in [1.165, 1.54) is 0 Å². The van der Waals surface area contributed by atoms with Gasteiger partial charge in [0.1, 0.15) is 5.54 Å². The first-order chi connectivity index (χ1) is 10.0. The van der Waals surface area contributed by atoms with E-state index in [1.807, 2.05) is 32.0 Å². The van der Waals surface area contributed by atoms with Crippen LogP contribution in [0.5, 0.6) is 11.5 Å². The second kappa shape index (κ2) is 8.53. The summed E-state index contributed by atoms with van der Waals surface area (Å²) in [5.74, 6) is 1.51. The van der Waals surface area contributed by atoms with Gasteiger partial charge < -0.3 is 9.47 Å². The van der Waals surface area contributed by atoms with Crippen molar-refractivity contribution in [3.05, 3.63) is 23.8 Å². The molecular formula is C17H26N2O2. The third-order valence-electron chi connectivity index (χ3n) is 3.41. The Bertz CT molecular complexity index is 482. The van der Waals surface area contributed by atoms with Gasteiger partial charge in [0.2, 0.25) is 0 Å². The first-order valence-electron chi connectivity index (χ1n) is 7.48. The highest BCUT2D eigenvalue weighted by molar-refractivity contribution is 5.42. The SMILES string of the molecule is CCCNC(C)(C#N)CCCOc1ccc(C)cc1OC. The highest BCUT2D eigenvalue weighted by Gasteiger charge is 2.21. The van der Waals surface area contributed by atoms with Gasteiger partial charge in [-0.05, 0) is 57.4 Å². The molecule has 4 heteroatoms. The highest BCUT2D eigenvalue weighted by Crippen LogP contribution is 2.28. The first-order valence-corrected chi connectivity index (χ1v) is 7.48. The summed E-state index contributed by atoms with van der Waals surface area (Å²) in [6, 6.07) is 8.23. The molecule has 0 spiro atoms. The zero-order valence-electron chi connectivity index (χ0n) is 13.5. The third-order valence-corrected chi connectivity index (χ3v) is 3.41. The number of aryl methyl sites for hydroxylation is 1. The van der Waals surface area contributed by atoms with E-state index in [2.05, 4.69) is 18.3 Å². The van der Waals surface area contributed by atoms with Crippen LogP contribution in [0.25, 0.3) is 0 Å². The molecule has 21 heavy (non-hydrogen) atoms. The topological polar surface area (TPSA) is 54.3 Å². The molecule has 0 fully saturated rings. The van der Waals surface area contributed by atoms with Crippen molar-refractivity contribution in [2.45, 2.75) is 45.6 Å². The van der Waals surface area contributed by atoms with Crippen molar-refractivity contribution < 1.29 is 9.47 Å². The molecule has 0 bridgehead atoms. The summed E-state index contributed by atoms with van der Waals surface area (Å²) < 4.78 is 11.1. The van der Waals surface area contributed by atoms with Gasteiger partial charge in [0.05, 0.1) is 19.8 Å². The number of nitriles is 1. The van der Waals surface area contributed by atoms with Crippen molar-refractivity contribution >= 4 is 0 Å². The number of ether oxygens (including phenoxy) is 2. The fourth-order valence-corrected chi connectivity index (χ4v) is 2.09. The number of benzene rings is 1. The molecular weight excluding hydrogens is 264 g/mol. The van der Waals surface area contributed by atoms with Crippen LogP contribution in [0.1, 0.15) is 38.7 Å². The summed E-state index contributed by atoms with van der Waals surface area (Å²) in [6.07, 6.45) is 2.60. The Balaban J connectivity index is 2.45. The lowest BCUT2D eigenvalue weighted by Crippen LogP contribution is -2.41. The fourth-order valence-electron chi connectivity index (χ4n) is 2.09. The van der Waals surface area contributed by atoms with E-state index in [9.17, 15) is 5.26 Å². The van der Waals surface area contributed by atoms with Crippen molar-refractivity contribution in [1.29, 1.82) is 5.26 Å². The summed E-state index contributed by atoms with van der Waals surface area (Å²) >= 11 is 0. The lowest BCUT2D eigenvalue weighted by atomic mass is 9.98. The van der Waals surface area contributed by atoms with E-state index in [0.29, 0.717) is 6.61 Å². The molecule has 116 valence electrons. The molecule has 0 heterocycles. The third kappa shape index (κ3) is 5.65. The average Bonchev–Trinajstić information content (AvgIpc) is 2.50. The first kappa shape index (κ1) is 17.3. The van der Waals surface area contributed by atoms with Gasteiger partial charge in [-0.3, -0.25) is 5.32 Å². The molecule has 1 atom stereocenters. The lowest BCUT2D eigenvalue weighted by Gasteiger charge is -2.23. The Morgan fingerprint density at radius 3 is 2.71 bits per heavy atom. The van der Waals surface area contributed by atoms with Gasteiger partial charge in [-0.25, -0.2) is 0 Å². The summed E-state index contributed by atoms with van der Waals surface area (Å²) in [4.78, 5) is 0. The van der Waals surface area contributed by atoms with Crippen LogP contribution in [-0.2, 0) is 0 Å². The Morgan fingerprint density at radius 1 is 1.33 bits per heavy atom. The Morgan fingerprint density at radius 2 is 2.10 bits per heavy atom. The monoisotopic (exact) mass is 290 g/mol. The molecule has 0 saturated carbocycles. The summed E-state index contributed by atoms with van der Waals surface area (Å²) in [6.45, 7) is 7.48. The van der Waals surface area contributed by atoms with Crippen LogP contribution in [0.2, 0.25) is 0 Å². The molecule has 1 rings (SSSR count). The van der Waals surface area contributed by atoms with E-state index in [1.54, 1.807) is 7.11 Å². The molecule has 4 nitrogen and oxygen atoms in total. The van der Waals surface area contributed by atoms with E-state index in [4.69, 9.17) is 9.47 Å². The molecule has 0 aliphatic heterocycles. The van der Waals surface area contributed by atoms with Crippen LogP contribution < -0.4 is 14.8 Å². The normalized spacial score (nSPS) is 13.3. The molecule has 1 aromatic rings. The van der Waals surface area contributed by atoms with Gasteiger partial charge in [0.25, 0.3) is 0 Å². The number of hydrogen-bond acceptors (Lipinski definition) is 4. The Hall–Kier alpha value is -1.73. The Kier molecular flexibility index (Phi) is 7.04. The van der Waals surface area contributed by atoms with Crippen LogP contribution in [-0.4, -0.2) is 25.8 Å². The van der Waals surface area contributed by atoms with Crippen molar-refractivity contribution in [1.82, 2.24) is 5.32 Å². The molecule has 0 radical (unpaired) electrons. The number of nitrogens with one attached hydrogen (secondary N) is 1. The van der Waals surface area contributed by atoms with Gasteiger partial charge in [0.15, 0.2) is 11.5 Å². The van der Waals surface area contributed by atoms with Crippen molar-refractivity contribution in [3.63, 3.8) is 0 Å². The zero-order valence-corrected chi connectivity index (χ0v) is 13.5. The predicted molar refractivity (Wildman–Crippen MR) is 84.8 cm³/mol. The lowest BCUT2D eigenvalue weighted by molar-refractivity contribution is 0.271. The molecule has 1 N–H and O–H groups in total.